The first-order valence-corrected chi connectivity index (χ1v) is 8.09. The summed E-state index contributed by atoms with van der Waals surface area (Å²) in [5, 5.41) is 4.69. The van der Waals surface area contributed by atoms with Gasteiger partial charge in [0.05, 0.1) is 6.42 Å². The molecule has 3 amide bonds. The molecule has 1 fully saturated rings. The zero-order valence-corrected chi connectivity index (χ0v) is 14.8. The number of hydrogen-bond acceptors (Lipinski definition) is 4. The Morgan fingerprint density at radius 1 is 1.29 bits per heavy atom. The van der Waals surface area contributed by atoms with Crippen LogP contribution in [0.25, 0.3) is 0 Å². The molecule has 2 N–H and O–H groups in total. The normalized spacial score (nSPS) is 17.2. The van der Waals surface area contributed by atoms with E-state index in [0.29, 0.717) is 17.3 Å². The smallest absolute Gasteiger partial charge is 0.254 e. The van der Waals surface area contributed by atoms with Crippen molar-refractivity contribution in [1.82, 2.24) is 15.3 Å². The van der Waals surface area contributed by atoms with Crippen molar-refractivity contribution in [2.45, 2.75) is 26.3 Å². The number of nitrogens with one attached hydrogen (secondary N) is 2. The summed E-state index contributed by atoms with van der Waals surface area (Å²) >= 11 is 11.0. The summed E-state index contributed by atoms with van der Waals surface area (Å²) in [6, 6.07) is 5.75. The lowest BCUT2D eigenvalue weighted by Crippen LogP contribution is -2.49. The van der Waals surface area contributed by atoms with Crippen LogP contribution >= 0.6 is 23.8 Å². The highest BCUT2D eigenvalue weighted by Gasteiger charge is 2.43. The number of thiocarbonyl (C=S) groups is 1. The van der Waals surface area contributed by atoms with Crippen LogP contribution < -0.4 is 10.7 Å². The highest BCUT2D eigenvalue weighted by Crippen LogP contribution is 2.20. The standard InChI is InChI=1S/C15H17ClN4O3S/c1-3-19-14(23)12(20(15(19)24)18-9(2)21)8-13(22)17-11-6-4-10(16)5-7-11/h4-7,12H,3,8H2,1-2H3,(H,17,22)(H,18,21). The van der Waals surface area contributed by atoms with Gasteiger partial charge in [-0.25, -0.2) is 5.01 Å². The van der Waals surface area contributed by atoms with Crippen LogP contribution in [-0.2, 0) is 14.4 Å². The average molecular weight is 369 g/mol. The molecule has 128 valence electrons. The second-order valence-electron chi connectivity index (χ2n) is 5.18. The molecule has 1 atom stereocenters. The monoisotopic (exact) mass is 368 g/mol. The lowest BCUT2D eigenvalue weighted by atomic mass is 10.2. The molecular weight excluding hydrogens is 352 g/mol. The van der Waals surface area contributed by atoms with Gasteiger partial charge in [-0.3, -0.25) is 24.7 Å². The van der Waals surface area contributed by atoms with E-state index in [-0.39, 0.29) is 29.3 Å². The number of halogens is 1. The second kappa shape index (κ2) is 7.59. The minimum Gasteiger partial charge on any atom is -0.326 e. The maximum absolute atomic E-state index is 12.4. The molecule has 1 aromatic carbocycles. The van der Waals surface area contributed by atoms with E-state index in [1.165, 1.54) is 16.8 Å². The van der Waals surface area contributed by atoms with Crippen LogP contribution in [0.2, 0.25) is 5.02 Å². The van der Waals surface area contributed by atoms with Crippen molar-refractivity contribution >= 4 is 52.3 Å². The molecule has 2 rings (SSSR count). The van der Waals surface area contributed by atoms with Gasteiger partial charge in [-0.1, -0.05) is 11.6 Å². The summed E-state index contributed by atoms with van der Waals surface area (Å²) in [6.07, 6.45) is -0.140. The van der Waals surface area contributed by atoms with E-state index in [9.17, 15) is 14.4 Å². The molecule has 1 aliphatic rings. The molecule has 0 radical (unpaired) electrons. The van der Waals surface area contributed by atoms with E-state index >= 15 is 0 Å². The molecule has 24 heavy (non-hydrogen) atoms. The Hall–Kier alpha value is -2.19. The van der Waals surface area contributed by atoms with Gasteiger partial charge in [0.15, 0.2) is 5.11 Å². The molecule has 1 heterocycles. The minimum atomic E-state index is -0.867. The van der Waals surface area contributed by atoms with Crippen LogP contribution in [0.3, 0.4) is 0 Å². The summed E-state index contributed by atoms with van der Waals surface area (Å²) < 4.78 is 0. The molecule has 0 bridgehead atoms. The topological polar surface area (TPSA) is 81.8 Å². The first-order chi connectivity index (χ1) is 11.3. The Labute approximate surface area is 149 Å². The van der Waals surface area contributed by atoms with E-state index < -0.39 is 6.04 Å². The highest BCUT2D eigenvalue weighted by molar-refractivity contribution is 7.80. The summed E-state index contributed by atoms with van der Waals surface area (Å²) in [7, 11) is 0. The van der Waals surface area contributed by atoms with Crippen LogP contribution in [0.1, 0.15) is 20.3 Å². The Morgan fingerprint density at radius 3 is 2.46 bits per heavy atom. The second-order valence-corrected chi connectivity index (χ2v) is 5.98. The Morgan fingerprint density at radius 2 is 1.92 bits per heavy atom. The number of hydrazine groups is 1. The van der Waals surface area contributed by atoms with Gasteiger partial charge < -0.3 is 5.32 Å². The van der Waals surface area contributed by atoms with Crippen LogP contribution in [-0.4, -0.2) is 45.3 Å². The van der Waals surface area contributed by atoms with Crippen molar-refractivity contribution in [1.29, 1.82) is 0 Å². The van der Waals surface area contributed by atoms with E-state index in [2.05, 4.69) is 10.7 Å². The first-order valence-electron chi connectivity index (χ1n) is 7.30. The van der Waals surface area contributed by atoms with Crippen LogP contribution in [0.4, 0.5) is 5.69 Å². The lowest BCUT2D eigenvalue weighted by molar-refractivity contribution is -0.132. The zero-order chi connectivity index (χ0) is 17.9. The van der Waals surface area contributed by atoms with Crippen LogP contribution in [0.15, 0.2) is 24.3 Å². The van der Waals surface area contributed by atoms with Gasteiger partial charge in [-0.15, -0.1) is 0 Å². The van der Waals surface area contributed by atoms with Crippen molar-refractivity contribution in [3.05, 3.63) is 29.3 Å². The third-order valence-corrected chi connectivity index (χ3v) is 4.07. The van der Waals surface area contributed by atoms with Crippen LogP contribution in [0, 0.1) is 0 Å². The quantitative estimate of drug-likeness (QED) is 0.770. The van der Waals surface area contributed by atoms with Crippen molar-refractivity contribution in [2.75, 3.05) is 11.9 Å². The largest absolute Gasteiger partial charge is 0.326 e. The van der Waals surface area contributed by atoms with Crippen molar-refractivity contribution in [3.63, 3.8) is 0 Å². The number of amides is 3. The fourth-order valence-electron chi connectivity index (χ4n) is 2.33. The van der Waals surface area contributed by atoms with Crippen molar-refractivity contribution in [2.24, 2.45) is 0 Å². The fourth-order valence-corrected chi connectivity index (χ4v) is 2.85. The van der Waals surface area contributed by atoms with Gasteiger partial charge in [0.1, 0.15) is 6.04 Å². The van der Waals surface area contributed by atoms with Gasteiger partial charge in [0.2, 0.25) is 11.8 Å². The van der Waals surface area contributed by atoms with E-state index in [1.54, 1.807) is 31.2 Å². The molecule has 1 aliphatic heterocycles. The van der Waals surface area contributed by atoms with Gasteiger partial charge in [0, 0.05) is 24.2 Å². The molecule has 0 aromatic heterocycles. The average Bonchev–Trinajstić information content (AvgIpc) is 2.73. The minimum absolute atomic E-state index is 0.140. The molecule has 9 heteroatoms. The number of nitrogens with zero attached hydrogens (tertiary/aromatic N) is 2. The zero-order valence-electron chi connectivity index (χ0n) is 13.2. The molecule has 7 nitrogen and oxygen atoms in total. The number of anilines is 1. The Balaban J connectivity index is 2.10. The number of rotatable bonds is 5. The molecule has 0 aliphatic carbocycles. The lowest BCUT2D eigenvalue weighted by Gasteiger charge is -2.23. The molecule has 0 spiro atoms. The van der Waals surface area contributed by atoms with E-state index in [1.807, 2.05) is 0 Å². The van der Waals surface area contributed by atoms with E-state index in [0.717, 1.165) is 0 Å². The summed E-state index contributed by atoms with van der Waals surface area (Å²) in [5.74, 6) is -1.06. The molecule has 0 saturated carbocycles. The fraction of sp³-hybridized carbons (Fsp3) is 0.333. The molecular formula is C15H17ClN4O3S. The number of hydrogen-bond donors (Lipinski definition) is 2. The number of benzene rings is 1. The van der Waals surface area contributed by atoms with Gasteiger partial charge in [-0.2, -0.15) is 0 Å². The summed E-state index contributed by atoms with van der Waals surface area (Å²) in [6.45, 7) is 3.45. The van der Waals surface area contributed by atoms with Gasteiger partial charge >= 0.3 is 0 Å². The predicted octanol–water partition coefficient (Wildman–Crippen LogP) is 1.54. The summed E-state index contributed by atoms with van der Waals surface area (Å²) in [5.41, 5.74) is 3.07. The Kier molecular flexibility index (Phi) is 5.74. The first kappa shape index (κ1) is 18.2. The highest BCUT2D eigenvalue weighted by atomic mass is 35.5. The van der Waals surface area contributed by atoms with E-state index in [4.69, 9.17) is 23.8 Å². The number of likely N-dealkylation sites (N-methyl/N-ethyl adjacent to an activating group) is 1. The maximum Gasteiger partial charge on any atom is 0.254 e. The Bertz CT molecular complexity index is 680. The summed E-state index contributed by atoms with van der Waals surface area (Å²) in [4.78, 5) is 37.4. The number of carbonyl (C=O) groups excluding carboxylic acids is 3. The van der Waals surface area contributed by atoms with Crippen LogP contribution in [0.5, 0.6) is 0 Å². The molecule has 1 aromatic rings. The van der Waals surface area contributed by atoms with Gasteiger partial charge in [-0.05, 0) is 43.4 Å². The maximum atomic E-state index is 12.4. The van der Waals surface area contributed by atoms with Crippen molar-refractivity contribution < 1.29 is 14.4 Å². The third-order valence-electron chi connectivity index (χ3n) is 3.40. The molecule has 1 saturated heterocycles. The van der Waals surface area contributed by atoms with Gasteiger partial charge in [0.25, 0.3) is 5.91 Å². The SMILES string of the molecule is CCN1C(=O)C(CC(=O)Nc2ccc(Cl)cc2)N(NC(C)=O)C1=S. The predicted molar refractivity (Wildman–Crippen MR) is 94.1 cm³/mol. The van der Waals surface area contributed by atoms with Crippen molar-refractivity contribution in [3.8, 4) is 0 Å². The third kappa shape index (κ3) is 4.01. The molecule has 1 unspecified atom stereocenters. The number of carbonyl (C=O) groups is 3.